The molecule has 0 bridgehead atoms. The average molecular weight is 444 g/mol. The van der Waals surface area contributed by atoms with E-state index >= 15 is 0 Å². The Morgan fingerprint density at radius 3 is 2.62 bits per heavy atom. The van der Waals surface area contributed by atoms with Crippen LogP contribution in [0, 0.1) is 0 Å². The predicted octanol–water partition coefficient (Wildman–Crippen LogP) is 4.12. The Balaban J connectivity index is 1.36. The molecule has 0 saturated carbocycles. The third-order valence-corrected chi connectivity index (χ3v) is 6.84. The molecule has 1 fully saturated rings. The number of nitrogens with two attached hydrogens (primary N) is 1. The van der Waals surface area contributed by atoms with E-state index in [9.17, 15) is 4.79 Å². The summed E-state index contributed by atoms with van der Waals surface area (Å²) in [6.45, 7) is 4.03. The number of pyridine rings is 1. The van der Waals surface area contributed by atoms with E-state index in [4.69, 9.17) is 5.73 Å². The van der Waals surface area contributed by atoms with Gasteiger partial charge in [-0.05, 0) is 42.3 Å². The van der Waals surface area contributed by atoms with Gasteiger partial charge in [0.2, 0.25) is 0 Å². The van der Waals surface area contributed by atoms with Crippen molar-refractivity contribution in [1.29, 1.82) is 0 Å². The summed E-state index contributed by atoms with van der Waals surface area (Å²) in [5.41, 5.74) is 9.47. The minimum absolute atomic E-state index is 0.0826. The van der Waals surface area contributed by atoms with Crippen LogP contribution in [-0.2, 0) is 6.42 Å². The molecule has 5 rings (SSSR count). The fraction of sp³-hybridized carbons (Fsp3) is 0.240. The van der Waals surface area contributed by atoms with Gasteiger partial charge in [-0.1, -0.05) is 35.6 Å². The number of Topliss-reactive ketones (excluding diaryl/α,β-unsaturated/α-hetero) is 1. The van der Waals surface area contributed by atoms with Gasteiger partial charge in [-0.3, -0.25) is 9.78 Å². The molecule has 1 aliphatic rings. The average Bonchev–Trinajstić information content (AvgIpc) is 3.25. The van der Waals surface area contributed by atoms with Crippen LogP contribution in [0.3, 0.4) is 0 Å². The zero-order valence-corrected chi connectivity index (χ0v) is 18.8. The fourth-order valence-corrected chi connectivity index (χ4v) is 4.75. The van der Waals surface area contributed by atoms with E-state index in [0.717, 1.165) is 64.3 Å². The lowest BCUT2D eigenvalue weighted by Crippen LogP contribution is -2.44. The van der Waals surface area contributed by atoms with Crippen LogP contribution >= 0.6 is 11.3 Å². The monoisotopic (exact) mass is 443 g/mol. The van der Waals surface area contributed by atoms with E-state index < -0.39 is 0 Å². The number of hydrogen-bond donors (Lipinski definition) is 1. The van der Waals surface area contributed by atoms with Crippen molar-refractivity contribution in [3.63, 3.8) is 0 Å². The predicted molar refractivity (Wildman–Crippen MR) is 131 cm³/mol. The molecule has 2 aromatic carbocycles. The second kappa shape index (κ2) is 8.68. The van der Waals surface area contributed by atoms with Crippen molar-refractivity contribution in [3.8, 4) is 10.4 Å². The van der Waals surface area contributed by atoms with E-state index in [-0.39, 0.29) is 12.2 Å². The molecule has 0 radical (unpaired) electrons. The first-order chi connectivity index (χ1) is 15.5. The molecule has 0 aliphatic carbocycles. The Morgan fingerprint density at radius 1 is 1.00 bits per heavy atom. The Bertz CT molecular complexity index is 1280. The number of carbonyl (C=O) groups is 1. The molecule has 1 saturated heterocycles. The first-order valence-corrected chi connectivity index (χ1v) is 11.5. The molecule has 0 atom stereocenters. The highest BCUT2D eigenvalue weighted by molar-refractivity contribution is 7.18. The Morgan fingerprint density at radius 2 is 1.84 bits per heavy atom. The standard InChI is InChI=1S/C25H25N5OS/c1-29-7-9-30(10-8-29)22-4-2-3-17(13-22)23(31)14-21-12-20-11-18(5-6-19(20)15-27-21)24-16-28-25(26)32-24/h2-6,11-13,15-16H,7-10,14H2,1H3,(H2,26,28). The molecular formula is C25H25N5OS. The molecule has 0 spiro atoms. The van der Waals surface area contributed by atoms with E-state index in [1.54, 1.807) is 6.20 Å². The summed E-state index contributed by atoms with van der Waals surface area (Å²) in [5, 5.41) is 2.65. The normalized spacial score (nSPS) is 14.7. The molecule has 0 unspecified atom stereocenters. The van der Waals surface area contributed by atoms with E-state index in [1.807, 2.05) is 42.6 Å². The number of anilines is 2. The van der Waals surface area contributed by atoms with Gasteiger partial charge in [-0.15, -0.1) is 0 Å². The van der Waals surface area contributed by atoms with Crippen molar-refractivity contribution < 1.29 is 4.79 Å². The molecule has 7 heteroatoms. The zero-order chi connectivity index (χ0) is 22.1. The first-order valence-electron chi connectivity index (χ1n) is 10.7. The lowest BCUT2D eigenvalue weighted by molar-refractivity contribution is 0.0992. The molecule has 162 valence electrons. The highest BCUT2D eigenvalue weighted by atomic mass is 32.1. The maximum absolute atomic E-state index is 13.0. The second-order valence-corrected chi connectivity index (χ2v) is 9.30. The number of aromatic nitrogens is 2. The summed E-state index contributed by atoms with van der Waals surface area (Å²) < 4.78 is 0. The quantitative estimate of drug-likeness (QED) is 0.468. The third kappa shape index (κ3) is 4.35. The van der Waals surface area contributed by atoms with Gasteiger partial charge < -0.3 is 15.5 Å². The number of thiazole rings is 1. The number of likely N-dealkylation sites (N-methyl/N-ethyl adjacent to an activating group) is 1. The van der Waals surface area contributed by atoms with Gasteiger partial charge in [0.05, 0.1) is 11.3 Å². The lowest BCUT2D eigenvalue weighted by Gasteiger charge is -2.34. The Hall–Kier alpha value is -3.29. The molecule has 2 N–H and O–H groups in total. The number of nitrogen functional groups attached to an aromatic ring is 1. The minimum atomic E-state index is 0.0826. The number of nitrogens with zero attached hydrogens (tertiary/aromatic N) is 4. The zero-order valence-electron chi connectivity index (χ0n) is 18.0. The highest BCUT2D eigenvalue weighted by Gasteiger charge is 2.16. The number of fused-ring (bicyclic) bond motifs is 1. The van der Waals surface area contributed by atoms with Gasteiger partial charge in [0, 0.05) is 60.9 Å². The summed E-state index contributed by atoms with van der Waals surface area (Å²) in [5.74, 6) is 0.0826. The van der Waals surface area contributed by atoms with Crippen molar-refractivity contribution in [2.75, 3.05) is 43.9 Å². The van der Waals surface area contributed by atoms with E-state index in [1.165, 1.54) is 11.3 Å². The van der Waals surface area contributed by atoms with Gasteiger partial charge >= 0.3 is 0 Å². The molecule has 6 nitrogen and oxygen atoms in total. The second-order valence-electron chi connectivity index (χ2n) is 8.24. The maximum Gasteiger partial charge on any atom is 0.180 e. The molecular weight excluding hydrogens is 418 g/mol. The van der Waals surface area contributed by atoms with Crippen LogP contribution in [0.2, 0.25) is 0 Å². The topological polar surface area (TPSA) is 75.3 Å². The number of benzene rings is 2. The largest absolute Gasteiger partial charge is 0.375 e. The minimum Gasteiger partial charge on any atom is -0.375 e. The number of piperazine rings is 1. The Labute approximate surface area is 191 Å². The van der Waals surface area contributed by atoms with Gasteiger partial charge in [0.15, 0.2) is 10.9 Å². The van der Waals surface area contributed by atoms with Crippen molar-refractivity contribution in [2.45, 2.75) is 6.42 Å². The number of ketones is 1. The lowest BCUT2D eigenvalue weighted by atomic mass is 10.0. The number of hydrogen-bond acceptors (Lipinski definition) is 7. The van der Waals surface area contributed by atoms with Crippen LogP contribution in [0.5, 0.6) is 0 Å². The van der Waals surface area contributed by atoms with Gasteiger partial charge in [-0.25, -0.2) is 4.98 Å². The summed E-state index contributed by atoms with van der Waals surface area (Å²) in [6, 6.07) is 16.2. The highest BCUT2D eigenvalue weighted by Crippen LogP contribution is 2.30. The van der Waals surface area contributed by atoms with Crippen molar-refractivity contribution >= 4 is 38.7 Å². The van der Waals surface area contributed by atoms with Crippen molar-refractivity contribution in [1.82, 2.24) is 14.9 Å². The fourth-order valence-electron chi connectivity index (χ4n) is 4.06. The summed E-state index contributed by atoms with van der Waals surface area (Å²) in [4.78, 5) is 27.4. The van der Waals surface area contributed by atoms with Crippen LogP contribution in [-0.4, -0.2) is 53.9 Å². The van der Waals surface area contributed by atoms with Crippen LogP contribution < -0.4 is 10.6 Å². The summed E-state index contributed by atoms with van der Waals surface area (Å²) in [6.07, 6.45) is 3.91. The van der Waals surface area contributed by atoms with Crippen LogP contribution in [0.15, 0.2) is 60.9 Å². The Kier molecular flexibility index (Phi) is 5.59. The van der Waals surface area contributed by atoms with Crippen molar-refractivity contribution in [2.24, 2.45) is 0 Å². The van der Waals surface area contributed by atoms with Crippen molar-refractivity contribution in [3.05, 3.63) is 72.2 Å². The number of rotatable bonds is 5. The molecule has 1 aliphatic heterocycles. The van der Waals surface area contributed by atoms with Crippen LogP contribution in [0.25, 0.3) is 21.2 Å². The third-order valence-electron chi connectivity index (χ3n) is 5.96. The maximum atomic E-state index is 13.0. The van der Waals surface area contributed by atoms with Gasteiger partial charge in [0.25, 0.3) is 0 Å². The SMILES string of the molecule is CN1CCN(c2cccc(C(=O)Cc3cc4cc(-c5cnc(N)s5)ccc4cn3)c2)CC1. The molecule has 3 heterocycles. The summed E-state index contributed by atoms with van der Waals surface area (Å²) in [7, 11) is 2.14. The number of carbonyl (C=O) groups excluding carboxylic acids is 1. The van der Waals surface area contributed by atoms with E-state index in [0.29, 0.717) is 5.13 Å². The molecule has 2 aromatic heterocycles. The molecule has 4 aromatic rings. The smallest absolute Gasteiger partial charge is 0.180 e. The van der Waals surface area contributed by atoms with Crippen LogP contribution in [0.1, 0.15) is 16.1 Å². The summed E-state index contributed by atoms with van der Waals surface area (Å²) >= 11 is 1.46. The molecule has 0 amide bonds. The van der Waals surface area contributed by atoms with Gasteiger partial charge in [-0.2, -0.15) is 0 Å². The van der Waals surface area contributed by atoms with E-state index in [2.05, 4.69) is 38.9 Å². The van der Waals surface area contributed by atoms with Gasteiger partial charge in [0.1, 0.15) is 0 Å². The first kappa shape index (κ1) is 20.6. The molecule has 32 heavy (non-hydrogen) atoms. The van der Waals surface area contributed by atoms with Crippen LogP contribution in [0.4, 0.5) is 10.8 Å².